The lowest BCUT2D eigenvalue weighted by molar-refractivity contribution is -0.134. The summed E-state index contributed by atoms with van der Waals surface area (Å²) in [4.78, 5) is 27.4. The summed E-state index contributed by atoms with van der Waals surface area (Å²) in [5, 5.41) is 0. The molecule has 1 aromatic carbocycles. The van der Waals surface area contributed by atoms with Crippen LogP contribution in [0.2, 0.25) is 0 Å². The predicted octanol–water partition coefficient (Wildman–Crippen LogP) is 2.47. The Bertz CT molecular complexity index is 704. The highest BCUT2D eigenvalue weighted by Gasteiger charge is 2.15. The molecule has 0 aliphatic rings. The third-order valence-electron chi connectivity index (χ3n) is 3.56. The third-order valence-corrected chi connectivity index (χ3v) is 3.56. The monoisotopic (exact) mass is 330 g/mol. The Balaban J connectivity index is 1.85. The lowest BCUT2D eigenvalue weighted by atomic mass is 10.2. The van der Waals surface area contributed by atoms with E-state index in [0.29, 0.717) is 17.9 Å². The Morgan fingerprint density at radius 3 is 2.25 bits per heavy atom. The van der Waals surface area contributed by atoms with Crippen LogP contribution in [-0.4, -0.2) is 44.5 Å². The number of likely N-dealkylation sites (N-methyl/N-ethyl adjacent to an activating group) is 1. The standard InChI is InChI=1S/C18H22N2O4/c1-13-5-10-16(24-13)11-20(4)17(21)12-23-18(22)14-6-8-15(9-7-14)19(2)3/h5-10H,11-12H2,1-4H3. The molecule has 2 aromatic rings. The highest BCUT2D eigenvalue weighted by Crippen LogP contribution is 2.13. The zero-order valence-corrected chi connectivity index (χ0v) is 14.4. The van der Waals surface area contributed by atoms with Crippen LogP contribution in [0.25, 0.3) is 0 Å². The van der Waals surface area contributed by atoms with Crippen LogP contribution in [0.1, 0.15) is 21.9 Å². The highest BCUT2D eigenvalue weighted by atomic mass is 16.5. The van der Waals surface area contributed by atoms with Gasteiger partial charge in [0.15, 0.2) is 6.61 Å². The maximum absolute atomic E-state index is 12.0. The Morgan fingerprint density at radius 1 is 1.04 bits per heavy atom. The van der Waals surface area contributed by atoms with E-state index in [0.717, 1.165) is 11.4 Å². The summed E-state index contributed by atoms with van der Waals surface area (Å²) in [7, 11) is 5.48. The van der Waals surface area contributed by atoms with Gasteiger partial charge in [-0.2, -0.15) is 0 Å². The van der Waals surface area contributed by atoms with Crippen LogP contribution in [0.15, 0.2) is 40.8 Å². The molecule has 0 N–H and O–H groups in total. The normalized spacial score (nSPS) is 10.3. The van der Waals surface area contributed by atoms with Crippen LogP contribution < -0.4 is 4.90 Å². The molecule has 128 valence electrons. The van der Waals surface area contributed by atoms with Crippen molar-refractivity contribution in [3.8, 4) is 0 Å². The first-order valence-corrected chi connectivity index (χ1v) is 7.60. The summed E-state index contributed by atoms with van der Waals surface area (Å²) >= 11 is 0. The van der Waals surface area contributed by atoms with Crippen LogP contribution in [0, 0.1) is 6.92 Å². The van der Waals surface area contributed by atoms with Crippen LogP contribution in [0.4, 0.5) is 5.69 Å². The number of furan rings is 1. The second-order valence-corrected chi connectivity index (χ2v) is 5.78. The van der Waals surface area contributed by atoms with Crippen molar-refractivity contribution in [2.45, 2.75) is 13.5 Å². The quantitative estimate of drug-likeness (QED) is 0.762. The van der Waals surface area contributed by atoms with Crippen molar-refractivity contribution >= 4 is 17.6 Å². The molecule has 24 heavy (non-hydrogen) atoms. The molecule has 0 fully saturated rings. The number of carbonyl (C=O) groups excluding carboxylic acids is 2. The average Bonchev–Trinajstić information content (AvgIpc) is 2.97. The summed E-state index contributed by atoms with van der Waals surface area (Å²) < 4.78 is 10.5. The van der Waals surface area contributed by atoms with E-state index >= 15 is 0 Å². The van der Waals surface area contributed by atoms with Gasteiger partial charge in [-0.3, -0.25) is 4.79 Å². The average molecular weight is 330 g/mol. The predicted molar refractivity (Wildman–Crippen MR) is 91.0 cm³/mol. The molecule has 0 saturated carbocycles. The van der Waals surface area contributed by atoms with Crippen LogP contribution in [0.5, 0.6) is 0 Å². The molecule has 0 unspecified atom stereocenters. The number of aryl methyl sites for hydroxylation is 1. The molecule has 0 aliphatic heterocycles. The fourth-order valence-corrected chi connectivity index (χ4v) is 2.11. The van der Waals surface area contributed by atoms with Crippen molar-refractivity contribution in [2.24, 2.45) is 0 Å². The van der Waals surface area contributed by atoms with Gasteiger partial charge < -0.3 is 19.0 Å². The van der Waals surface area contributed by atoms with E-state index in [9.17, 15) is 9.59 Å². The number of hydrogen-bond donors (Lipinski definition) is 0. The molecule has 2 rings (SSSR count). The summed E-state index contributed by atoms with van der Waals surface area (Å²) in [6, 6.07) is 10.7. The molecule has 1 heterocycles. The van der Waals surface area contributed by atoms with Gasteiger partial charge >= 0.3 is 5.97 Å². The van der Waals surface area contributed by atoms with E-state index in [4.69, 9.17) is 9.15 Å². The molecule has 0 spiro atoms. The minimum absolute atomic E-state index is 0.290. The lowest BCUT2D eigenvalue weighted by Gasteiger charge is -2.16. The Labute approximate surface area is 141 Å². The molecule has 0 aliphatic carbocycles. The number of nitrogens with zero attached hydrogens (tertiary/aromatic N) is 2. The molecule has 0 bridgehead atoms. The number of anilines is 1. The first-order chi connectivity index (χ1) is 11.4. The largest absolute Gasteiger partial charge is 0.464 e. The van der Waals surface area contributed by atoms with Gasteiger partial charge in [0.05, 0.1) is 12.1 Å². The van der Waals surface area contributed by atoms with Crippen molar-refractivity contribution in [1.82, 2.24) is 4.90 Å². The first kappa shape index (κ1) is 17.6. The number of hydrogen-bond acceptors (Lipinski definition) is 5. The van der Waals surface area contributed by atoms with Crippen molar-refractivity contribution in [3.05, 3.63) is 53.5 Å². The van der Waals surface area contributed by atoms with Gasteiger partial charge in [-0.1, -0.05) is 0 Å². The Hall–Kier alpha value is -2.76. The van der Waals surface area contributed by atoms with Gasteiger partial charge in [0, 0.05) is 26.8 Å². The minimum atomic E-state index is -0.518. The Kier molecular flexibility index (Phi) is 5.63. The van der Waals surface area contributed by atoms with Gasteiger partial charge in [-0.05, 0) is 43.3 Å². The van der Waals surface area contributed by atoms with E-state index in [1.807, 2.05) is 50.2 Å². The summed E-state index contributed by atoms with van der Waals surface area (Å²) in [6.07, 6.45) is 0. The Morgan fingerprint density at radius 2 is 1.71 bits per heavy atom. The van der Waals surface area contributed by atoms with Crippen LogP contribution >= 0.6 is 0 Å². The highest BCUT2D eigenvalue weighted by molar-refractivity contribution is 5.91. The van der Waals surface area contributed by atoms with E-state index in [-0.39, 0.29) is 12.5 Å². The van der Waals surface area contributed by atoms with Gasteiger partial charge in [0.2, 0.25) is 0 Å². The van der Waals surface area contributed by atoms with E-state index in [1.54, 1.807) is 19.2 Å². The van der Waals surface area contributed by atoms with Gasteiger partial charge in [-0.25, -0.2) is 4.79 Å². The number of benzene rings is 1. The fraction of sp³-hybridized carbons (Fsp3) is 0.333. The molecule has 0 atom stereocenters. The number of ether oxygens (including phenoxy) is 1. The van der Waals surface area contributed by atoms with Crippen molar-refractivity contribution in [1.29, 1.82) is 0 Å². The zero-order chi connectivity index (χ0) is 17.7. The minimum Gasteiger partial charge on any atom is -0.464 e. The molecule has 0 radical (unpaired) electrons. The molecule has 6 nitrogen and oxygen atoms in total. The van der Waals surface area contributed by atoms with Crippen molar-refractivity contribution in [2.75, 3.05) is 32.6 Å². The smallest absolute Gasteiger partial charge is 0.338 e. The molecular weight excluding hydrogens is 308 g/mol. The molecule has 6 heteroatoms. The van der Waals surface area contributed by atoms with E-state index in [2.05, 4.69) is 0 Å². The second-order valence-electron chi connectivity index (χ2n) is 5.78. The topological polar surface area (TPSA) is 63.0 Å². The van der Waals surface area contributed by atoms with Gasteiger partial charge in [-0.15, -0.1) is 0 Å². The number of amides is 1. The lowest BCUT2D eigenvalue weighted by Crippen LogP contribution is -2.30. The molecule has 0 saturated heterocycles. The van der Waals surface area contributed by atoms with Gasteiger partial charge in [0.25, 0.3) is 5.91 Å². The SMILES string of the molecule is Cc1ccc(CN(C)C(=O)COC(=O)c2ccc(N(C)C)cc2)o1. The second kappa shape index (κ2) is 7.68. The number of esters is 1. The maximum atomic E-state index is 12.0. The summed E-state index contributed by atoms with van der Waals surface area (Å²) in [5.74, 6) is 0.672. The summed E-state index contributed by atoms with van der Waals surface area (Å²) in [5.41, 5.74) is 1.40. The summed E-state index contributed by atoms with van der Waals surface area (Å²) in [6.45, 7) is 1.88. The van der Waals surface area contributed by atoms with Crippen LogP contribution in [0.3, 0.4) is 0 Å². The third kappa shape index (κ3) is 4.62. The molecule has 1 amide bonds. The van der Waals surface area contributed by atoms with E-state index < -0.39 is 5.97 Å². The fourth-order valence-electron chi connectivity index (χ4n) is 2.11. The maximum Gasteiger partial charge on any atom is 0.338 e. The van der Waals surface area contributed by atoms with Crippen LogP contribution in [-0.2, 0) is 16.1 Å². The van der Waals surface area contributed by atoms with Crippen molar-refractivity contribution in [3.63, 3.8) is 0 Å². The zero-order valence-electron chi connectivity index (χ0n) is 14.4. The molecular formula is C18H22N2O4. The number of rotatable bonds is 6. The molecule has 1 aromatic heterocycles. The number of carbonyl (C=O) groups is 2. The van der Waals surface area contributed by atoms with Crippen molar-refractivity contribution < 1.29 is 18.7 Å². The van der Waals surface area contributed by atoms with E-state index in [1.165, 1.54) is 4.90 Å². The van der Waals surface area contributed by atoms with Gasteiger partial charge in [0.1, 0.15) is 11.5 Å². The first-order valence-electron chi connectivity index (χ1n) is 7.60.